The first kappa shape index (κ1) is 20.8. The van der Waals surface area contributed by atoms with Crippen LogP contribution in [0.4, 0.5) is 5.69 Å². The van der Waals surface area contributed by atoms with Crippen LogP contribution in [0.3, 0.4) is 0 Å². The number of benzene rings is 3. The Balaban J connectivity index is 1.80. The van der Waals surface area contributed by atoms with Crippen molar-refractivity contribution in [3.63, 3.8) is 0 Å². The van der Waals surface area contributed by atoms with Gasteiger partial charge in [-0.3, -0.25) is 4.79 Å². The second kappa shape index (κ2) is 9.06. The predicted octanol–water partition coefficient (Wildman–Crippen LogP) is 5.03. The standard InChI is InChI=1S/C25H22N2O3/c1-16-12-13-17(2)23(14-16)27-24(28)18(3)30-25(29)22-11-7-6-10-21(22)20-9-5-4-8-19(20)15-26/h4-14,18H,1-3H3,(H,27,28)/t18-/m0/s1. The van der Waals surface area contributed by atoms with Crippen molar-refractivity contribution in [3.05, 3.63) is 89.0 Å². The Morgan fingerprint density at radius 1 is 0.967 bits per heavy atom. The fourth-order valence-electron chi connectivity index (χ4n) is 3.09. The maximum atomic E-state index is 12.8. The molecule has 0 aliphatic heterocycles. The second-order valence-electron chi connectivity index (χ2n) is 7.06. The highest BCUT2D eigenvalue weighted by molar-refractivity contribution is 6.01. The molecule has 1 atom stereocenters. The smallest absolute Gasteiger partial charge is 0.339 e. The summed E-state index contributed by atoms with van der Waals surface area (Å²) in [7, 11) is 0. The van der Waals surface area contributed by atoms with Gasteiger partial charge in [-0.05, 0) is 55.7 Å². The lowest BCUT2D eigenvalue weighted by atomic mass is 9.96. The van der Waals surface area contributed by atoms with Gasteiger partial charge in [0.05, 0.1) is 17.2 Å². The lowest BCUT2D eigenvalue weighted by molar-refractivity contribution is -0.123. The number of nitrogens with zero attached hydrogens (tertiary/aromatic N) is 1. The van der Waals surface area contributed by atoms with Crippen LogP contribution >= 0.6 is 0 Å². The molecule has 3 aromatic rings. The van der Waals surface area contributed by atoms with Crippen LogP contribution in [0, 0.1) is 25.2 Å². The van der Waals surface area contributed by atoms with E-state index in [0.717, 1.165) is 11.1 Å². The highest BCUT2D eigenvalue weighted by Crippen LogP contribution is 2.27. The van der Waals surface area contributed by atoms with Gasteiger partial charge in [0.15, 0.2) is 6.10 Å². The van der Waals surface area contributed by atoms with Gasteiger partial charge in [0, 0.05) is 11.3 Å². The molecule has 1 N–H and O–H groups in total. The van der Waals surface area contributed by atoms with Crippen molar-refractivity contribution in [1.29, 1.82) is 5.26 Å². The normalized spacial score (nSPS) is 11.3. The maximum Gasteiger partial charge on any atom is 0.339 e. The molecule has 30 heavy (non-hydrogen) atoms. The zero-order valence-electron chi connectivity index (χ0n) is 17.1. The summed E-state index contributed by atoms with van der Waals surface area (Å²) >= 11 is 0. The highest BCUT2D eigenvalue weighted by atomic mass is 16.5. The van der Waals surface area contributed by atoms with E-state index in [1.54, 1.807) is 48.5 Å². The van der Waals surface area contributed by atoms with Crippen molar-refractivity contribution in [3.8, 4) is 17.2 Å². The Kier molecular flexibility index (Phi) is 6.29. The van der Waals surface area contributed by atoms with Gasteiger partial charge in [0.1, 0.15) is 0 Å². The van der Waals surface area contributed by atoms with Crippen molar-refractivity contribution in [2.24, 2.45) is 0 Å². The average Bonchev–Trinajstić information content (AvgIpc) is 2.76. The summed E-state index contributed by atoms with van der Waals surface area (Å²) in [5, 5.41) is 12.2. The lowest BCUT2D eigenvalue weighted by Gasteiger charge is -2.16. The average molecular weight is 398 g/mol. The molecule has 0 saturated heterocycles. The van der Waals surface area contributed by atoms with Crippen LogP contribution in [0.5, 0.6) is 0 Å². The Hall–Kier alpha value is -3.91. The number of hydrogen-bond acceptors (Lipinski definition) is 4. The summed E-state index contributed by atoms with van der Waals surface area (Å²) in [6.07, 6.45) is -0.989. The second-order valence-corrected chi connectivity index (χ2v) is 7.06. The van der Waals surface area contributed by atoms with Crippen LogP contribution < -0.4 is 5.32 Å². The van der Waals surface area contributed by atoms with Gasteiger partial charge >= 0.3 is 5.97 Å². The summed E-state index contributed by atoms with van der Waals surface area (Å²) < 4.78 is 5.44. The third kappa shape index (κ3) is 4.56. The molecule has 150 valence electrons. The molecule has 0 aliphatic carbocycles. The third-order valence-electron chi connectivity index (χ3n) is 4.79. The van der Waals surface area contributed by atoms with E-state index < -0.39 is 18.0 Å². The van der Waals surface area contributed by atoms with Crippen molar-refractivity contribution in [2.45, 2.75) is 26.9 Å². The van der Waals surface area contributed by atoms with Crippen LogP contribution in [0.1, 0.15) is 34.0 Å². The molecule has 3 rings (SSSR count). The van der Waals surface area contributed by atoms with Crippen LogP contribution in [-0.4, -0.2) is 18.0 Å². The van der Waals surface area contributed by atoms with Crippen molar-refractivity contribution in [1.82, 2.24) is 0 Å². The van der Waals surface area contributed by atoms with Crippen molar-refractivity contribution >= 4 is 17.6 Å². The minimum absolute atomic E-state index is 0.298. The monoisotopic (exact) mass is 398 g/mol. The predicted molar refractivity (Wildman–Crippen MR) is 116 cm³/mol. The first-order valence-electron chi connectivity index (χ1n) is 9.58. The Labute approximate surface area is 175 Å². The number of nitrogens with one attached hydrogen (secondary N) is 1. The van der Waals surface area contributed by atoms with Gasteiger partial charge in [-0.2, -0.15) is 5.26 Å². The number of nitriles is 1. The van der Waals surface area contributed by atoms with Crippen LogP contribution in [0.2, 0.25) is 0 Å². The topological polar surface area (TPSA) is 79.2 Å². The lowest BCUT2D eigenvalue weighted by Crippen LogP contribution is -2.30. The Morgan fingerprint density at radius 3 is 2.37 bits per heavy atom. The molecule has 0 bridgehead atoms. The molecule has 0 spiro atoms. The van der Waals surface area contributed by atoms with Gasteiger partial charge in [0.2, 0.25) is 0 Å². The minimum atomic E-state index is -0.989. The number of aryl methyl sites for hydroxylation is 2. The minimum Gasteiger partial charge on any atom is -0.449 e. The molecule has 0 aromatic heterocycles. The zero-order chi connectivity index (χ0) is 21.7. The van der Waals surface area contributed by atoms with Gasteiger partial charge in [-0.25, -0.2) is 4.79 Å². The van der Waals surface area contributed by atoms with Gasteiger partial charge in [-0.15, -0.1) is 0 Å². The molecule has 5 nitrogen and oxygen atoms in total. The molecule has 0 heterocycles. The third-order valence-corrected chi connectivity index (χ3v) is 4.79. The number of ether oxygens (including phenoxy) is 1. The molecule has 0 radical (unpaired) electrons. The summed E-state index contributed by atoms with van der Waals surface area (Å²) in [6.45, 7) is 5.37. The van der Waals surface area contributed by atoms with Gasteiger partial charge in [-0.1, -0.05) is 48.5 Å². The quantitative estimate of drug-likeness (QED) is 0.612. The first-order chi connectivity index (χ1) is 14.4. The number of amides is 1. The first-order valence-corrected chi connectivity index (χ1v) is 9.58. The van der Waals surface area contributed by atoms with Gasteiger partial charge in [0.25, 0.3) is 5.91 Å². The summed E-state index contributed by atoms with van der Waals surface area (Å²) in [5.41, 5.74) is 4.61. The Bertz CT molecular complexity index is 1150. The molecule has 0 unspecified atom stereocenters. The van der Waals surface area contributed by atoms with E-state index in [1.807, 2.05) is 32.0 Å². The number of hydrogen-bond donors (Lipinski definition) is 1. The van der Waals surface area contributed by atoms with Crippen LogP contribution in [0.25, 0.3) is 11.1 Å². The number of carbonyl (C=O) groups excluding carboxylic acids is 2. The van der Waals surface area contributed by atoms with E-state index in [9.17, 15) is 14.9 Å². The fraction of sp³-hybridized carbons (Fsp3) is 0.160. The zero-order valence-corrected chi connectivity index (χ0v) is 17.1. The van der Waals surface area contributed by atoms with E-state index in [2.05, 4.69) is 11.4 Å². The van der Waals surface area contributed by atoms with Crippen molar-refractivity contribution < 1.29 is 14.3 Å². The van der Waals surface area contributed by atoms with E-state index in [0.29, 0.717) is 27.9 Å². The number of carbonyl (C=O) groups is 2. The van der Waals surface area contributed by atoms with Crippen LogP contribution in [0.15, 0.2) is 66.7 Å². The highest BCUT2D eigenvalue weighted by Gasteiger charge is 2.22. The van der Waals surface area contributed by atoms with E-state index in [4.69, 9.17) is 4.74 Å². The summed E-state index contributed by atoms with van der Waals surface area (Å²) in [6, 6.07) is 21.8. The number of anilines is 1. The maximum absolute atomic E-state index is 12.8. The van der Waals surface area contributed by atoms with E-state index >= 15 is 0 Å². The number of esters is 1. The molecule has 0 aliphatic rings. The molecule has 3 aromatic carbocycles. The van der Waals surface area contributed by atoms with E-state index in [1.165, 1.54) is 6.92 Å². The molecular formula is C25H22N2O3. The molecule has 0 saturated carbocycles. The van der Waals surface area contributed by atoms with Crippen LogP contribution in [-0.2, 0) is 9.53 Å². The summed E-state index contributed by atoms with van der Waals surface area (Å²) in [4.78, 5) is 25.4. The SMILES string of the molecule is Cc1ccc(C)c(NC(=O)[C@H](C)OC(=O)c2ccccc2-c2ccccc2C#N)c1. The number of rotatable bonds is 5. The largest absolute Gasteiger partial charge is 0.449 e. The molecule has 1 amide bonds. The molecular weight excluding hydrogens is 376 g/mol. The molecule has 5 heteroatoms. The van der Waals surface area contributed by atoms with E-state index in [-0.39, 0.29) is 0 Å². The van der Waals surface area contributed by atoms with Gasteiger partial charge < -0.3 is 10.1 Å². The molecule has 0 fully saturated rings. The fourth-order valence-corrected chi connectivity index (χ4v) is 3.09. The van der Waals surface area contributed by atoms with Crippen molar-refractivity contribution in [2.75, 3.05) is 5.32 Å². The summed E-state index contributed by atoms with van der Waals surface area (Å²) in [5.74, 6) is -1.03. The Morgan fingerprint density at radius 2 is 1.63 bits per heavy atom.